The third-order valence-corrected chi connectivity index (χ3v) is 13.3. The molecule has 0 saturated heterocycles. The maximum absolute atomic E-state index is 6.27. The molecule has 1 aromatic heterocycles. The van der Waals surface area contributed by atoms with Crippen molar-refractivity contribution in [1.82, 2.24) is 0 Å². The van der Waals surface area contributed by atoms with E-state index in [0.717, 1.165) is 33.6 Å². The highest BCUT2D eigenvalue weighted by Crippen LogP contribution is 2.51. The molecule has 0 saturated carbocycles. The zero-order chi connectivity index (χ0) is 42.1. The van der Waals surface area contributed by atoms with Crippen LogP contribution < -0.4 is 4.90 Å². The summed E-state index contributed by atoms with van der Waals surface area (Å²) in [4.78, 5) is 2.34. The Balaban J connectivity index is 0.817. The first-order valence-electron chi connectivity index (χ1n) is 21.8. The van der Waals surface area contributed by atoms with Crippen molar-refractivity contribution in [3.8, 4) is 55.6 Å². The van der Waals surface area contributed by atoms with Gasteiger partial charge in [-0.3, -0.25) is 0 Å². The number of benzene rings is 10. The predicted octanol–water partition coefficient (Wildman–Crippen LogP) is 17.2. The van der Waals surface area contributed by atoms with Gasteiger partial charge < -0.3 is 9.32 Å². The van der Waals surface area contributed by atoms with E-state index in [0.29, 0.717) is 0 Å². The fourth-order valence-electron chi connectivity index (χ4n) is 9.94. The molecule has 298 valence electrons. The zero-order valence-corrected chi connectivity index (χ0v) is 35.2. The van der Waals surface area contributed by atoms with Crippen LogP contribution in [-0.2, 0) is 5.41 Å². The Morgan fingerprint density at radius 3 is 1.37 bits per heavy atom. The first-order chi connectivity index (χ1) is 31.0. The molecule has 0 aliphatic heterocycles. The van der Waals surface area contributed by atoms with E-state index in [1.165, 1.54) is 82.9 Å². The van der Waals surface area contributed by atoms with Crippen LogP contribution in [-0.4, -0.2) is 0 Å². The summed E-state index contributed by atoms with van der Waals surface area (Å²) in [6, 6.07) is 81.5. The third kappa shape index (κ3) is 6.25. The average Bonchev–Trinajstić information content (AvgIpc) is 3.84. The summed E-state index contributed by atoms with van der Waals surface area (Å²) in [6.07, 6.45) is 0. The molecule has 2 nitrogen and oxygen atoms in total. The molecule has 0 bridgehead atoms. The molecule has 10 aromatic carbocycles. The van der Waals surface area contributed by atoms with Gasteiger partial charge in [0, 0.05) is 33.2 Å². The van der Waals surface area contributed by atoms with Crippen LogP contribution in [0.5, 0.6) is 0 Å². The Morgan fingerprint density at radius 1 is 0.333 bits per heavy atom. The van der Waals surface area contributed by atoms with Gasteiger partial charge in [-0.1, -0.05) is 172 Å². The third-order valence-electron chi connectivity index (χ3n) is 13.3. The molecule has 0 radical (unpaired) electrons. The number of hydrogen-bond acceptors (Lipinski definition) is 2. The van der Waals surface area contributed by atoms with Crippen LogP contribution in [0.3, 0.4) is 0 Å². The number of rotatable bonds is 7. The lowest BCUT2D eigenvalue weighted by molar-refractivity contribution is 0.661. The predicted molar refractivity (Wildman–Crippen MR) is 265 cm³/mol. The summed E-state index contributed by atoms with van der Waals surface area (Å²) in [5, 5.41) is 4.76. The topological polar surface area (TPSA) is 16.4 Å². The molecule has 0 amide bonds. The van der Waals surface area contributed by atoms with Gasteiger partial charge in [0.15, 0.2) is 0 Å². The van der Waals surface area contributed by atoms with Crippen molar-refractivity contribution in [2.75, 3.05) is 4.90 Å². The molecular weight excluding hydrogens is 763 g/mol. The summed E-state index contributed by atoms with van der Waals surface area (Å²) < 4.78 is 6.27. The van der Waals surface area contributed by atoms with Crippen molar-refractivity contribution in [2.24, 2.45) is 0 Å². The highest BCUT2D eigenvalue weighted by Gasteiger charge is 2.36. The number of para-hydroxylation sites is 1. The molecule has 0 unspecified atom stereocenters. The van der Waals surface area contributed by atoms with E-state index in [1.54, 1.807) is 0 Å². The lowest BCUT2D eigenvalue weighted by Crippen LogP contribution is -2.15. The van der Waals surface area contributed by atoms with Crippen LogP contribution in [0.2, 0.25) is 0 Å². The first kappa shape index (κ1) is 36.9. The SMILES string of the molecule is CC1(C)c2cc(-c3ccccc3)ccc2-c2ccc(-c3ccc(N(c4ccccc4)c4ccc(-c5ccc(-c6ccc7oc8ccc9ccccc9c8c7c6)cc5)cc4)cc3)cc21. The highest BCUT2D eigenvalue weighted by molar-refractivity contribution is 6.19. The van der Waals surface area contributed by atoms with E-state index >= 15 is 0 Å². The second kappa shape index (κ2) is 14.6. The van der Waals surface area contributed by atoms with Crippen molar-refractivity contribution < 1.29 is 4.42 Å². The molecule has 0 N–H and O–H groups in total. The Kier molecular flexibility index (Phi) is 8.55. The van der Waals surface area contributed by atoms with Gasteiger partial charge in [0.05, 0.1) is 0 Å². The summed E-state index contributed by atoms with van der Waals surface area (Å²) in [5.41, 5.74) is 20.2. The van der Waals surface area contributed by atoms with E-state index in [2.05, 4.69) is 243 Å². The number of nitrogens with zero attached hydrogens (tertiary/aromatic N) is 1. The van der Waals surface area contributed by atoms with Gasteiger partial charge in [-0.25, -0.2) is 0 Å². The fraction of sp³-hybridized carbons (Fsp3) is 0.0492. The van der Waals surface area contributed by atoms with Gasteiger partial charge in [0.2, 0.25) is 0 Å². The van der Waals surface area contributed by atoms with Crippen LogP contribution in [0.25, 0.3) is 88.3 Å². The first-order valence-corrected chi connectivity index (χ1v) is 21.8. The Labute approximate surface area is 368 Å². The van der Waals surface area contributed by atoms with Crippen LogP contribution in [0, 0.1) is 0 Å². The number of anilines is 3. The van der Waals surface area contributed by atoms with Crippen molar-refractivity contribution in [3.63, 3.8) is 0 Å². The lowest BCUT2D eigenvalue weighted by Gasteiger charge is -2.26. The minimum absolute atomic E-state index is 0.106. The molecular formula is C61H43NO. The van der Waals surface area contributed by atoms with Crippen LogP contribution in [0.15, 0.2) is 229 Å². The smallest absolute Gasteiger partial charge is 0.136 e. The minimum Gasteiger partial charge on any atom is -0.456 e. The Hall–Kier alpha value is -7.94. The van der Waals surface area contributed by atoms with Gasteiger partial charge in [0.25, 0.3) is 0 Å². The standard InChI is InChI=1S/C61H43NO/c1-61(2)56-38-47(40-11-5-3-6-12-40)25-33-53(56)54-34-26-48(39-57(54)61)44-23-31-51(32-24-44)62(49-14-7-4-8-15-49)50-29-21-42(22-30-50)41-17-19-43(20-18-41)46-28-35-58-55(37-46)60-52-16-10-9-13-45(52)27-36-59(60)63-58/h3-39H,1-2H3. The average molecular weight is 806 g/mol. The summed E-state index contributed by atoms with van der Waals surface area (Å²) in [7, 11) is 0. The maximum Gasteiger partial charge on any atom is 0.136 e. The van der Waals surface area contributed by atoms with Gasteiger partial charge in [-0.05, 0) is 144 Å². The highest BCUT2D eigenvalue weighted by atomic mass is 16.3. The zero-order valence-electron chi connectivity index (χ0n) is 35.2. The monoisotopic (exact) mass is 805 g/mol. The second-order valence-electron chi connectivity index (χ2n) is 17.3. The molecule has 0 atom stereocenters. The van der Waals surface area contributed by atoms with Crippen LogP contribution in [0.4, 0.5) is 17.1 Å². The molecule has 12 rings (SSSR count). The van der Waals surface area contributed by atoms with Gasteiger partial charge >= 0.3 is 0 Å². The molecule has 11 aromatic rings. The molecule has 0 fully saturated rings. The quantitative estimate of drug-likeness (QED) is 0.160. The van der Waals surface area contributed by atoms with E-state index in [4.69, 9.17) is 4.42 Å². The minimum atomic E-state index is -0.106. The summed E-state index contributed by atoms with van der Waals surface area (Å²) in [5.74, 6) is 0. The van der Waals surface area contributed by atoms with E-state index in [9.17, 15) is 0 Å². The Bertz CT molecular complexity index is 3490. The fourth-order valence-corrected chi connectivity index (χ4v) is 9.94. The molecule has 63 heavy (non-hydrogen) atoms. The van der Waals surface area contributed by atoms with Crippen LogP contribution in [0.1, 0.15) is 25.0 Å². The molecule has 0 spiro atoms. The lowest BCUT2D eigenvalue weighted by atomic mass is 9.81. The number of fused-ring (bicyclic) bond motifs is 8. The molecule has 1 aliphatic rings. The normalized spacial score (nSPS) is 12.7. The second-order valence-corrected chi connectivity index (χ2v) is 17.3. The maximum atomic E-state index is 6.27. The van der Waals surface area contributed by atoms with Crippen molar-refractivity contribution in [2.45, 2.75) is 19.3 Å². The van der Waals surface area contributed by atoms with Gasteiger partial charge in [-0.15, -0.1) is 0 Å². The van der Waals surface area contributed by atoms with Gasteiger partial charge in [-0.2, -0.15) is 0 Å². The van der Waals surface area contributed by atoms with E-state index < -0.39 is 0 Å². The van der Waals surface area contributed by atoms with Gasteiger partial charge in [0.1, 0.15) is 11.2 Å². The van der Waals surface area contributed by atoms with Crippen molar-refractivity contribution in [1.29, 1.82) is 0 Å². The largest absolute Gasteiger partial charge is 0.456 e. The van der Waals surface area contributed by atoms with Crippen molar-refractivity contribution >= 4 is 49.8 Å². The molecule has 1 aliphatic carbocycles. The summed E-state index contributed by atoms with van der Waals surface area (Å²) >= 11 is 0. The molecule has 2 heteroatoms. The molecule has 1 heterocycles. The Morgan fingerprint density at radius 2 is 0.762 bits per heavy atom. The van der Waals surface area contributed by atoms with Crippen LogP contribution >= 0.6 is 0 Å². The summed E-state index contributed by atoms with van der Waals surface area (Å²) in [6.45, 7) is 4.73. The number of hydrogen-bond donors (Lipinski definition) is 0. The number of furan rings is 1. The van der Waals surface area contributed by atoms with E-state index in [-0.39, 0.29) is 5.41 Å². The van der Waals surface area contributed by atoms with Crippen molar-refractivity contribution in [3.05, 3.63) is 236 Å². The van der Waals surface area contributed by atoms with E-state index in [1.807, 2.05) is 0 Å².